The molecule has 0 radical (unpaired) electrons. The fourth-order valence-corrected chi connectivity index (χ4v) is 1.89. The fraction of sp³-hybridized carbons (Fsp3) is 0.500. The lowest BCUT2D eigenvalue weighted by atomic mass is 10.1. The molecule has 0 saturated heterocycles. The predicted molar refractivity (Wildman–Crippen MR) is 69.1 cm³/mol. The van der Waals surface area contributed by atoms with Crippen LogP contribution in [0, 0.1) is 11.7 Å². The van der Waals surface area contributed by atoms with Gasteiger partial charge in [-0.3, -0.25) is 4.90 Å². The van der Waals surface area contributed by atoms with E-state index in [1.165, 1.54) is 18.2 Å². The standard InChI is InChI=1S/C14H20FNO2/c1-4-16(8-10(2)3)9-12-7-11(14(17)18)5-6-13(12)15/h5-7,10H,4,8-9H2,1-3H3,(H,17,18). The van der Waals surface area contributed by atoms with E-state index in [-0.39, 0.29) is 11.4 Å². The van der Waals surface area contributed by atoms with Crippen molar-refractivity contribution in [1.82, 2.24) is 4.90 Å². The van der Waals surface area contributed by atoms with Crippen molar-refractivity contribution in [3.63, 3.8) is 0 Å². The lowest BCUT2D eigenvalue weighted by molar-refractivity contribution is 0.0696. The van der Waals surface area contributed by atoms with E-state index in [0.29, 0.717) is 18.0 Å². The summed E-state index contributed by atoms with van der Waals surface area (Å²) < 4.78 is 13.6. The van der Waals surface area contributed by atoms with Crippen LogP contribution in [0.1, 0.15) is 36.7 Å². The van der Waals surface area contributed by atoms with Crippen LogP contribution in [-0.2, 0) is 6.54 Å². The predicted octanol–water partition coefficient (Wildman–Crippen LogP) is 3.00. The quantitative estimate of drug-likeness (QED) is 0.847. The van der Waals surface area contributed by atoms with Crippen molar-refractivity contribution >= 4 is 5.97 Å². The highest BCUT2D eigenvalue weighted by atomic mass is 19.1. The molecule has 18 heavy (non-hydrogen) atoms. The second-order valence-corrected chi connectivity index (χ2v) is 4.83. The highest BCUT2D eigenvalue weighted by molar-refractivity contribution is 5.87. The topological polar surface area (TPSA) is 40.5 Å². The summed E-state index contributed by atoms with van der Waals surface area (Å²) in [6.07, 6.45) is 0. The zero-order chi connectivity index (χ0) is 13.7. The van der Waals surface area contributed by atoms with Crippen molar-refractivity contribution in [3.05, 3.63) is 35.1 Å². The average Bonchev–Trinajstić information content (AvgIpc) is 2.29. The van der Waals surface area contributed by atoms with E-state index in [1.807, 2.05) is 6.92 Å². The Balaban J connectivity index is 2.87. The van der Waals surface area contributed by atoms with Crippen LogP contribution in [0.15, 0.2) is 18.2 Å². The van der Waals surface area contributed by atoms with E-state index >= 15 is 0 Å². The molecule has 0 aliphatic rings. The molecule has 0 spiro atoms. The number of halogens is 1. The first kappa shape index (κ1) is 14.6. The molecule has 3 nitrogen and oxygen atoms in total. The number of hydrogen-bond acceptors (Lipinski definition) is 2. The van der Waals surface area contributed by atoms with Gasteiger partial charge in [0.05, 0.1) is 5.56 Å². The molecule has 1 N–H and O–H groups in total. The molecule has 0 unspecified atom stereocenters. The van der Waals surface area contributed by atoms with E-state index in [9.17, 15) is 9.18 Å². The van der Waals surface area contributed by atoms with Gasteiger partial charge in [0.15, 0.2) is 0 Å². The summed E-state index contributed by atoms with van der Waals surface area (Å²) in [6, 6.07) is 3.93. The molecule has 100 valence electrons. The Bertz CT molecular complexity index is 418. The van der Waals surface area contributed by atoms with Crippen molar-refractivity contribution in [1.29, 1.82) is 0 Å². The Morgan fingerprint density at radius 2 is 2.11 bits per heavy atom. The summed E-state index contributed by atoms with van der Waals surface area (Å²) in [5.74, 6) is -0.874. The molecule has 0 saturated carbocycles. The van der Waals surface area contributed by atoms with E-state index < -0.39 is 5.97 Å². The van der Waals surface area contributed by atoms with Gasteiger partial charge in [0.25, 0.3) is 0 Å². The van der Waals surface area contributed by atoms with Gasteiger partial charge in [-0.15, -0.1) is 0 Å². The molecule has 0 heterocycles. The number of carboxylic acid groups (broad SMARTS) is 1. The molecule has 4 heteroatoms. The number of nitrogens with zero attached hydrogens (tertiary/aromatic N) is 1. The van der Waals surface area contributed by atoms with Gasteiger partial charge < -0.3 is 5.11 Å². The van der Waals surface area contributed by atoms with E-state index in [1.54, 1.807) is 0 Å². The first-order valence-corrected chi connectivity index (χ1v) is 6.18. The molecule has 0 aliphatic heterocycles. The Kier molecular flexibility index (Phi) is 5.28. The summed E-state index contributed by atoms with van der Waals surface area (Å²) >= 11 is 0. The lowest BCUT2D eigenvalue weighted by Gasteiger charge is -2.22. The van der Waals surface area contributed by atoms with Crippen LogP contribution in [0.2, 0.25) is 0 Å². The third-order valence-electron chi connectivity index (χ3n) is 2.76. The average molecular weight is 253 g/mol. The van der Waals surface area contributed by atoms with E-state index in [0.717, 1.165) is 13.1 Å². The largest absolute Gasteiger partial charge is 0.478 e. The summed E-state index contributed by atoms with van der Waals surface area (Å²) in [7, 11) is 0. The monoisotopic (exact) mass is 253 g/mol. The first-order chi connectivity index (χ1) is 8.43. The second-order valence-electron chi connectivity index (χ2n) is 4.83. The number of aromatic carboxylic acids is 1. The number of carboxylic acids is 1. The van der Waals surface area contributed by atoms with Gasteiger partial charge >= 0.3 is 5.97 Å². The Hall–Kier alpha value is -1.42. The van der Waals surface area contributed by atoms with Gasteiger partial charge in [-0.2, -0.15) is 0 Å². The first-order valence-electron chi connectivity index (χ1n) is 6.18. The van der Waals surface area contributed by atoms with Gasteiger partial charge in [0, 0.05) is 18.7 Å². The van der Waals surface area contributed by atoms with Crippen molar-refractivity contribution in [3.8, 4) is 0 Å². The van der Waals surface area contributed by atoms with Gasteiger partial charge in [-0.05, 0) is 30.7 Å². The van der Waals surface area contributed by atoms with Crippen LogP contribution < -0.4 is 0 Å². The third-order valence-corrected chi connectivity index (χ3v) is 2.76. The highest BCUT2D eigenvalue weighted by Crippen LogP contribution is 2.14. The molecule has 0 aromatic heterocycles. The van der Waals surface area contributed by atoms with Crippen LogP contribution in [0.5, 0.6) is 0 Å². The number of rotatable bonds is 6. The molecule has 1 rings (SSSR count). The Labute approximate surface area is 107 Å². The normalized spacial score (nSPS) is 11.2. The molecule has 0 atom stereocenters. The van der Waals surface area contributed by atoms with Crippen molar-refractivity contribution in [2.75, 3.05) is 13.1 Å². The number of carbonyl (C=O) groups is 1. The SMILES string of the molecule is CCN(Cc1cc(C(=O)O)ccc1F)CC(C)C. The van der Waals surface area contributed by atoms with Crippen LogP contribution >= 0.6 is 0 Å². The molecule has 0 amide bonds. The molecular formula is C14H20FNO2. The maximum atomic E-state index is 13.6. The van der Waals surface area contributed by atoms with Gasteiger partial charge in [-0.25, -0.2) is 9.18 Å². The third kappa shape index (κ3) is 4.11. The minimum Gasteiger partial charge on any atom is -0.478 e. The van der Waals surface area contributed by atoms with Crippen LogP contribution in [0.4, 0.5) is 4.39 Å². The smallest absolute Gasteiger partial charge is 0.335 e. The van der Waals surface area contributed by atoms with Crippen molar-refractivity contribution in [2.24, 2.45) is 5.92 Å². The van der Waals surface area contributed by atoms with Crippen LogP contribution in [-0.4, -0.2) is 29.1 Å². The van der Waals surface area contributed by atoms with E-state index in [2.05, 4.69) is 18.7 Å². The second kappa shape index (κ2) is 6.50. The summed E-state index contributed by atoms with van der Waals surface area (Å²) in [6.45, 7) is 8.35. The summed E-state index contributed by atoms with van der Waals surface area (Å²) in [5, 5.41) is 8.90. The fourth-order valence-electron chi connectivity index (χ4n) is 1.89. The Morgan fingerprint density at radius 1 is 1.44 bits per heavy atom. The molecule has 0 fully saturated rings. The molecule has 0 aliphatic carbocycles. The molecule has 1 aromatic rings. The van der Waals surface area contributed by atoms with Crippen molar-refractivity contribution < 1.29 is 14.3 Å². The van der Waals surface area contributed by atoms with Gasteiger partial charge in [0.2, 0.25) is 0 Å². The zero-order valence-corrected chi connectivity index (χ0v) is 11.1. The molecule has 1 aromatic carbocycles. The minimum atomic E-state index is -1.02. The maximum absolute atomic E-state index is 13.6. The number of hydrogen-bond donors (Lipinski definition) is 1. The zero-order valence-electron chi connectivity index (χ0n) is 11.1. The van der Waals surface area contributed by atoms with E-state index in [4.69, 9.17) is 5.11 Å². The van der Waals surface area contributed by atoms with Gasteiger partial charge in [0.1, 0.15) is 5.82 Å². The van der Waals surface area contributed by atoms with Crippen LogP contribution in [0.25, 0.3) is 0 Å². The van der Waals surface area contributed by atoms with Crippen LogP contribution in [0.3, 0.4) is 0 Å². The maximum Gasteiger partial charge on any atom is 0.335 e. The molecular weight excluding hydrogens is 233 g/mol. The van der Waals surface area contributed by atoms with Crippen molar-refractivity contribution in [2.45, 2.75) is 27.3 Å². The number of benzene rings is 1. The lowest BCUT2D eigenvalue weighted by Crippen LogP contribution is -2.27. The molecule has 0 bridgehead atoms. The minimum absolute atomic E-state index is 0.131. The highest BCUT2D eigenvalue weighted by Gasteiger charge is 2.12. The summed E-state index contributed by atoms with van der Waals surface area (Å²) in [5.41, 5.74) is 0.574. The summed E-state index contributed by atoms with van der Waals surface area (Å²) in [4.78, 5) is 13.0. The van der Waals surface area contributed by atoms with Gasteiger partial charge in [-0.1, -0.05) is 20.8 Å². The Morgan fingerprint density at radius 3 is 2.61 bits per heavy atom.